The number of carbonyl (C=O) groups is 2. The maximum Gasteiger partial charge on any atom is 0.328 e. The van der Waals surface area contributed by atoms with Crippen LogP contribution in [0.5, 0.6) is 0 Å². The van der Waals surface area contributed by atoms with Gasteiger partial charge in [0.25, 0.3) is 5.91 Å². The third-order valence-electron chi connectivity index (χ3n) is 3.35. The molecule has 0 fully saturated rings. The Morgan fingerprint density at radius 1 is 1.17 bits per heavy atom. The quantitative estimate of drug-likeness (QED) is 0.569. The maximum absolute atomic E-state index is 13.3. The molecule has 0 aliphatic heterocycles. The zero-order valence-corrected chi connectivity index (χ0v) is 14.8. The van der Waals surface area contributed by atoms with Crippen molar-refractivity contribution in [2.24, 2.45) is 0 Å². The number of methoxy groups -OCH3 is 1. The SMILES string of the molecule is COC(=O)[C@@H](Cc1ccccc1I)NC(=O)c1ccc(F)c(F)c1. The summed E-state index contributed by atoms with van der Waals surface area (Å²) >= 11 is 2.13. The van der Waals surface area contributed by atoms with Crippen LogP contribution in [0.2, 0.25) is 0 Å². The number of esters is 1. The Hall–Kier alpha value is -2.03. The summed E-state index contributed by atoms with van der Waals surface area (Å²) in [6.45, 7) is 0. The molecule has 0 heterocycles. The molecule has 1 amide bonds. The van der Waals surface area contributed by atoms with Crippen molar-refractivity contribution in [1.82, 2.24) is 5.32 Å². The van der Waals surface area contributed by atoms with E-state index in [1.807, 2.05) is 24.3 Å². The van der Waals surface area contributed by atoms with Crippen molar-refractivity contribution in [3.8, 4) is 0 Å². The Bertz CT molecular complexity index is 767. The average molecular weight is 445 g/mol. The van der Waals surface area contributed by atoms with E-state index >= 15 is 0 Å². The summed E-state index contributed by atoms with van der Waals surface area (Å²) in [6, 6.07) is 9.24. The highest BCUT2D eigenvalue weighted by molar-refractivity contribution is 14.1. The van der Waals surface area contributed by atoms with E-state index in [9.17, 15) is 18.4 Å². The summed E-state index contributed by atoms with van der Waals surface area (Å²) in [5.41, 5.74) is 0.782. The largest absolute Gasteiger partial charge is 0.467 e. The Balaban J connectivity index is 2.19. The zero-order valence-electron chi connectivity index (χ0n) is 12.7. The third kappa shape index (κ3) is 4.50. The van der Waals surface area contributed by atoms with Gasteiger partial charge in [0.05, 0.1) is 7.11 Å². The molecule has 2 aromatic carbocycles. The van der Waals surface area contributed by atoms with Crippen LogP contribution in [-0.4, -0.2) is 25.0 Å². The minimum atomic E-state index is -1.13. The Morgan fingerprint density at radius 3 is 2.50 bits per heavy atom. The fourth-order valence-corrected chi connectivity index (χ4v) is 2.71. The van der Waals surface area contributed by atoms with Crippen molar-refractivity contribution in [3.05, 3.63) is 68.8 Å². The van der Waals surface area contributed by atoms with E-state index in [0.717, 1.165) is 27.3 Å². The van der Waals surface area contributed by atoms with Gasteiger partial charge in [0, 0.05) is 15.6 Å². The van der Waals surface area contributed by atoms with Crippen LogP contribution in [0.3, 0.4) is 0 Å². The molecular weight excluding hydrogens is 431 g/mol. The number of rotatable bonds is 5. The van der Waals surface area contributed by atoms with Crippen LogP contribution < -0.4 is 5.32 Å². The number of benzene rings is 2. The van der Waals surface area contributed by atoms with E-state index in [1.165, 1.54) is 7.11 Å². The molecule has 0 saturated carbocycles. The average Bonchev–Trinajstić information content (AvgIpc) is 2.57. The predicted molar refractivity (Wildman–Crippen MR) is 92.5 cm³/mol. The molecule has 1 atom stereocenters. The lowest BCUT2D eigenvalue weighted by atomic mass is 10.1. The number of hydrogen-bond donors (Lipinski definition) is 1. The van der Waals surface area contributed by atoms with Gasteiger partial charge in [-0.1, -0.05) is 18.2 Å². The number of amides is 1. The molecule has 0 radical (unpaired) electrons. The molecule has 0 saturated heterocycles. The van der Waals surface area contributed by atoms with Crippen LogP contribution in [0.15, 0.2) is 42.5 Å². The Morgan fingerprint density at radius 2 is 1.88 bits per heavy atom. The molecule has 4 nitrogen and oxygen atoms in total. The number of ether oxygens (including phenoxy) is 1. The Labute approximate surface area is 151 Å². The van der Waals surface area contributed by atoms with Crippen molar-refractivity contribution in [2.45, 2.75) is 12.5 Å². The minimum absolute atomic E-state index is 0.0782. The molecular formula is C17H14F2INO3. The third-order valence-corrected chi connectivity index (χ3v) is 4.41. The van der Waals surface area contributed by atoms with Gasteiger partial charge in [-0.05, 0) is 52.4 Å². The smallest absolute Gasteiger partial charge is 0.328 e. The fraction of sp³-hybridized carbons (Fsp3) is 0.176. The lowest BCUT2D eigenvalue weighted by molar-refractivity contribution is -0.142. The molecule has 126 valence electrons. The highest BCUT2D eigenvalue weighted by Gasteiger charge is 2.23. The molecule has 0 aromatic heterocycles. The first-order chi connectivity index (χ1) is 11.4. The molecule has 0 bridgehead atoms. The van der Waals surface area contributed by atoms with Gasteiger partial charge in [0.15, 0.2) is 11.6 Å². The topological polar surface area (TPSA) is 55.4 Å². The van der Waals surface area contributed by atoms with E-state index in [4.69, 9.17) is 4.74 Å². The molecule has 24 heavy (non-hydrogen) atoms. The van der Waals surface area contributed by atoms with E-state index in [1.54, 1.807) is 0 Å². The highest BCUT2D eigenvalue weighted by atomic mass is 127. The lowest BCUT2D eigenvalue weighted by Gasteiger charge is -2.17. The molecule has 7 heteroatoms. The summed E-state index contributed by atoms with van der Waals surface area (Å²) in [7, 11) is 1.22. The molecule has 0 aliphatic rings. The van der Waals surface area contributed by atoms with Crippen LogP contribution in [0, 0.1) is 15.2 Å². The lowest BCUT2D eigenvalue weighted by Crippen LogP contribution is -2.43. The van der Waals surface area contributed by atoms with Crippen LogP contribution in [0.1, 0.15) is 15.9 Å². The minimum Gasteiger partial charge on any atom is -0.467 e. The van der Waals surface area contributed by atoms with Gasteiger partial charge in [-0.25, -0.2) is 13.6 Å². The van der Waals surface area contributed by atoms with E-state index in [0.29, 0.717) is 0 Å². The van der Waals surface area contributed by atoms with Gasteiger partial charge < -0.3 is 10.1 Å². The van der Waals surface area contributed by atoms with Crippen LogP contribution in [0.4, 0.5) is 8.78 Å². The Kier molecular flexibility index (Phi) is 6.24. The summed E-state index contributed by atoms with van der Waals surface area (Å²) in [5, 5.41) is 2.50. The van der Waals surface area contributed by atoms with Crippen molar-refractivity contribution >= 4 is 34.5 Å². The summed E-state index contributed by atoms with van der Waals surface area (Å²) in [4.78, 5) is 24.1. The molecule has 0 unspecified atom stereocenters. The van der Waals surface area contributed by atoms with Gasteiger partial charge in [-0.2, -0.15) is 0 Å². The fourth-order valence-electron chi connectivity index (χ4n) is 2.10. The monoisotopic (exact) mass is 445 g/mol. The summed E-state index contributed by atoms with van der Waals surface area (Å²) < 4.78 is 31.9. The van der Waals surface area contributed by atoms with Crippen molar-refractivity contribution in [3.63, 3.8) is 0 Å². The second-order valence-corrected chi connectivity index (χ2v) is 6.14. The van der Waals surface area contributed by atoms with Gasteiger partial charge in [-0.3, -0.25) is 4.79 Å². The van der Waals surface area contributed by atoms with E-state index < -0.39 is 29.6 Å². The molecule has 0 aliphatic carbocycles. The first kappa shape index (κ1) is 18.3. The summed E-state index contributed by atoms with van der Waals surface area (Å²) in [5.74, 6) is -3.48. The molecule has 1 N–H and O–H groups in total. The predicted octanol–water partition coefficient (Wildman–Crippen LogP) is 3.08. The van der Waals surface area contributed by atoms with Crippen molar-refractivity contribution in [1.29, 1.82) is 0 Å². The highest BCUT2D eigenvalue weighted by Crippen LogP contribution is 2.15. The number of carbonyl (C=O) groups excluding carboxylic acids is 2. The van der Waals surface area contributed by atoms with E-state index in [2.05, 4.69) is 27.9 Å². The van der Waals surface area contributed by atoms with Crippen molar-refractivity contribution < 1.29 is 23.1 Å². The van der Waals surface area contributed by atoms with Gasteiger partial charge in [0.1, 0.15) is 6.04 Å². The second kappa shape index (κ2) is 8.18. The maximum atomic E-state index is 13.3. The number of halogens is 3. The number of nitrogens with one attached hydrogen (secondary N) is 1. The van der Waals surface area contributed by atoms with Crippen LogP contribution >= 0.6 is 22.6 Å². The van der Waals surface area contributed by atoms with Gasteiger partial charge in [-0.15, -0.1) is 0 Å². The first-order valence-corrected chi connectivity index (χ1v) is 8.07. The molecule has 2 aromatic rings. The summed E-state index contributed by atoms with van der Waals surface area (Å²) in [6.07, 6.45) is 0.223. The van der Waals surface area contributed by atoms with Crippen LogP contribution in [0.25, 0.3) is 0 Å². The first-order valence-electron chi connectivity index (χ1n) is 6.99. The zero-order chi connectivity index (χ0) is 17.7. The normalized spacial score (nSPS) is 11.7. The second-order valence-electron chi connectivity index (χ2n) is 4.97. The van der Waals surface area contributed by atoms with Gasteiger partial charge >= 0.3 is 5.97 Å². The van der Waals surface area contributed by atoms with Gasteiger partial charge in [0.2, 0.25) is 0 Å². The number of hydrogen-bond acceptors (Lipinski definition) is 3. The standard InChI is InChI=1S/C17H14F2INO3/c1-24-17(23)15(9-10-4-2-3-5-14(10)20)21-16(22)11-6-7-12(18)13(19)8-11/h2-8,15H,9H2,1H3,(H,21,22)/t15-/m1/s1. The van der Waals surface area contributed by atoms with E-state index in [-0.39, 0.29) is 12.0 Å². The van der Waals surface area contributed by atoms with Crippen molar-refractivity contribution in [2.75, 3.05) is 7.11 Å². The van der Waals surface area contributed by atoms with Crippen LogP contribution in [-0.2, 0) is 16.0 Å². The molecule has 2 rings (SSSR count). The molecule has 0 spiro atoms.